The quantitative estimate of drug-likeness (QED) is 0.717. The van der Waals surface area contributed by atoms with Crippen molar-refractivity contribution >= 4 is 11.6 Å². The minimum atomic E-state index is -0.0514. The van der Waals surface area contributed by atoms with E-state index in [1.165, 1.54) is 12.5 Å². The fraction of sp³-hybridized carbons (Fsp3) is 0.250. The van der Waals surface area contributed by atoms with Crippen molar-refractivity contribution < 1.29 is 9.32 Å². The number of anilines is 1. The molecule has 1 aliphatic rings. The lowest BCUT2D eigenvalue weighted by Crippen LogP contribution is -2.17. The van der Waals surface area contributed by atoms with Crippen LogP contribution in [0.5, 0.6) is 0 Å². The fourth-order valence-electron chi connectivity index (χ4n) is 0.973. The van der Waals surface area contributed by atoms with E-state index in [1.807, 2.05) is 6.08 Å². The molecule has 1 amide bonds. The van der Waals surface area contributed by atoms with E-state index in [0.717, 1.165) is 18.4 Å². The third-order valence-electron chi connectivity index (χ3n) is 1.79. The van der Waals surface area contributed by atoms with Gasteiger partial charge in [0.2, 0.25) is 0 Å². The molecule has 62 valence electrons. The second kappa shape index (κ2) is 2.81. The molecule has 1 aromatic heterocycles. The predicted molar refractivity (Wildman–Crippen MR) is 42.4 cm³/mol. The molecule has 4 nitrogen and oxygen atoms in total. The van der Waals surface area contributed by atoms with Crippen LogP contribution in [0.4, 0.5) is 5.69 Å². The highest BCUT2D eigenvalue weighted by molar-refractivity contribution is 6.04. The van der Waals surface area contributed by atoms with Crippen LogP contribution in [0.3, 0.4) is 0 Å². The van der Waals surface area contributed by atoms with Gasteiger partial charge >= 0.3 is 0 Å². The molecule has 1 heterocycles. The third kappa shape index (κ3) is 1.23. The number of rotatable bonds is 2. The van der Waals surface area contributed by atoms with E-state index in [2.05, 4.69) is 15.0 Å². The second-order valence-electron chi connectivity index (χ2n) is 2.64. The molecule has 1 aliphatic carbocycles. The molecule has 0 spiro atoms. The molecule has 0 bridgehead atoms. The summed E-state index contributed by atoms with van der Waals surface area (Å²) in [6, 6.07) is 0. The topological polar surface area (TPSA) is 55.1 Å². The minimum absolute atomic E-state index is 0.0514. The van der Waals surface area contributed by atoms with E-state index in [1.54, 1.807) is 0 Å². The minimum Gasteiger partial charge on any atom is -0.363 e. The summed E-state index contributed by atoms with van der Waals surface area (Å²) in [5, 5.41) is 6.13. The van der Waals surface area contributed by atoms with Gasteiger partial charge in [0.25, 0.3) is 5.91 Å². The standard InChI is InChI=1S/C8H8N2O2/c11-8(6-2-1-3-6)10-7-4-9-12-5-7/h2,4-5H,1,3H2,(H,10,11). The molecule has 4 heteroatoms. The SMILES string of the molecule is O=C(Nc1cnoc1)C1=CCC1. The zero-order chi connectivity index (χ0) is 8.39. The van der Waals surface area contributed by atoms with Gasteiger partial charge in [-0.1, -0.05) is 11.2 Å². The van der Waals surface area contributed by atoms with Crippen LogP contribution in [0.1, 0.15) is 12.8 Å². The van der Waals surface area contributed by atoms with Gasteiger partial charge in [0, 0.05) is 5.57 Å². The summed E-state index contributed by atoms with van der Waals surface area (Å²) in [4.78, 5) is 11.2. The maximum atomic E-state index is 11.2. The lowest BCUT2D eigenvalue weighted by Gasteiger charge is -2.12. The molecule has 12 heavy (non-hydrogen) atoms. The van der Waals surface area contributed by atoms with Crippen LogP contribution < -0.4 is 5.32 Å². The van der Waals surface area contributed by atoms with Gasteiger partial charge in [-0.25, -0.2) is 0 Å². The zero-order valence-electron chi connectivity index (χ0n) is 6.41. The van der Waals surface area contributed by atoms with E-state index < -0.39 is 0 Å². The monoisotopic (exact) mass is 164 g/mol. The van der Waals surface area contributed by atoms with Gasteiger partial charge in [-0.15, -0.1) is 0 Å². The first-order valence-electron chi connectivity index (χ1n) is 3.76. The van der Waals surface area contributed by atoms with Crippen molar-refractivity contribution in [2.45, 2.75) is 12.8 Å². The summed E-state index contributed by atoms with van der Waals surface area (Å²) in [5.41, 5.74) is 1.45. The molecule has 0 aromatic carbocycles. The molecule has 1 N–H and O–H groups in total. The molecule has 1 aromatic rings. The van der Waals surface area contributed by atoms with Crippen LogP contribution in [0, 0.1) is 0 Å². The Kier molecular flexibility index (Phi) is 1.66. The first-order valence-corrected chi connectivity index (χ1v) is 3.76. The van der Waals surface area contributed by atoms with Gasteiger partial charge in [0.1, 0.15) is 12.0 Å². The number of carbonyl (C=O) groups excluding carboxylic acids is 1. The smallest absolute Gasteiger partial charge is 0.251 e. The highest BCUT2D eigenvalue weighted by Crippen LogP contribution is 2.19. The Labute approximate surface area is 69.2 Å². The number of aromatic nitrogens is 1. The van der Waals surface area contributed by atoms with E-state index in [9.17, 15) is 4.79 Å². The Hall–Kier alpha value is -1.58. The number of nitrogens with one attached hydrogen (secondary N) is 1. The first-order chi connectivity index (χ1) is 5.86. The first kappa shape index (κ1) is 7.09. The molecule has 0 atom stereocenters. The van der Waals surface area contributed by atoms with Crippen molar-refractivity contribution in [3.63, 3.8) is 0 Å². The predicted octanol–water partition coefficient (Wildman–Crippen LogP) is 1.33. The number of carbonyl (C=O) groups is 1. The van der Waals surface area contributed by atoms with Crippen LogP contribution in [-0.4, -0.2) is 11.1 Å². The second-order valence-corrected chi connectivity index (χ2v) is 2.64. The largest absolute Gasteiger partial charge is 0.363 e. The highest BCUT2D eigenvalue weighted by Gasteiger charge is 2.14. The van der Waals surface area contributed by atoms with E-state index in [-0.39, 0.29) is 5.91 Å². The van der Waals surface area contributed by atoms with Gasteiger partial charge in [-0.05, 0) is 12.8 Å². The molecule has 0 unspecified atom stereocenters. The van der Waals surface area contributed by atoms with E-state index >= 15 is 0 Å². The van der Waals surface area contributed by atoms with E-state index in [0.29, 0.717) is 5.69 Å². The van der Waals surface area contributed by atoms with Gasteiger partial charge < -0.3 is 9.84 Å². The van der Waals surface area contributed by atoms with Crippen LogP contribution in [0.2, 0.25) is 0 Å². The van der Waals surface area contributed by atoms with Gasteiger partial charge in [-0.2, -0.15) is 0 Å². The van der Waals surface area contributed by atoms with E-state index in [4.69, 9.17) is 0 Å². The Balaban J connectivity index is 1.99. The number of amides is 1. The summed E-state index contributed by atoms with van der Waals surface area (Å²) in [6.45, 7) is 0. The van der Waals surface area contributed by atoms with Crippen LogP contribution in [0.15, 0.2) is 28.6 Å². The van der Waals surface area contributed by atoms with Gasteiger partial charge in [0.05, 0.1) is 6.20 Å². The fourth-order valence-corrected chi connectivity index (χ4v) is 0.973. The van der Waals surface area contributed by atoms with Crippen molar-refractivity contribution in [1.82, 2.24) is 5.16 Å². The van der Waals surface area contributed by atoms with Gasteiger partial charge in [-0.3, -0.25) is 4.79 Å². The molecule has 0 aliphatic heterocycles. The number of nitrogens with zero attached hydrogens (tertiary/aromatic N) is 1. The Morgan fingerprint density at radius 2 is 2.50 bits per heavy atom. The maximum Gasteiger partial charge on any atom is 0.251 e. The average molecular weight is 164 g/mol. The van der Waals surface area contributed by atoms with Crippen molar-refractivity contribution in [2.75, 3.05) is 5.32 Å². The van der Waals surface area contributed by atoms with Crippen LogP contribution in [0.25, 0.3) is 0 Å². The average Bonchev–Trinajstić information content (AvgIpc) is 2.34. The number of hydrogen-bond donors (Lipinski definition) is 1. The normalized spacial score (nSPS) is 14.8. The molecular formula is C8H8N2O2. The number of allylic oxidation sites excluding steroid dienone is 1. The van der Waals surface area contributed by atoms with Crippen LogP contribution >= 0.6 is 0 Å². The van der Waals surface area contributed by atoms with Crippen molar-refractivity contribution in [2.24, 2.45) is 0 Å². The summed E-state index contributed by atoms with van der Waals surface area (Å²) in [5.74, 6) is -0.0514. The molecule has 0 saturated heterocycles. The third-order valence-corrected chi connectivity index (χ3v) is 1.79. The van der Waals surface area contributed by atoms with Crippen molar-refractivity contribution in [1.29, 1.82) is 0 Å². The Morgan fingerprint density at radius 3 is 3.00 bits per heavy atom. The van der Waals surface area contributed by atoms with Gasteiger partial charge in [0.15, 0.2) is 0 Å². The molecule has 0 fully saturated rings. The van der Waals surface area contributed by atoms with Crippen molar-refractivity contribution in [3.8, 4) is 0 Å². The lowest BCUT2D eigenvalue weighted by molar-refractivity contribution is -0.113. The molecule has 2 rings (SSSR count). The lowest BCUT2D eigenvalue weighted by atomic mass is 9.98. The summed E-state index contributed by atoms with van der Waals surface area (Å²) >= 11 is 0. The number of hydrogen-bond acceptors (Lipinski definition) is 3. The molecular weight excluding hydrogens is 156 g/mol. The molecule has 0 saturated carbocycles. The van der Waals surface area contributed by atoms with Crippen LogP contribution in [-0.2, 0) is 4.79 Å². The van der Waals surface area contributed by atoms with Crippen molar-refractivity contribution in [3.05, 3.63) is 24.1 Å². The highest BCUT2D eigenvalue weighted by atomic mass is 16.5. The Bertz CT molecular complexity index is 314. The summed E-state index contributed by atoms with van der Waals surface area (Å²) < 4.78 is 4.56. The molecule has 0 radical (unpaired) electrons. The Morgan fingerprint density at radius 1 is 1.67 bits per heavy atom. The maximum absolute atomic E-state index is 11.2. The summed E-state index contributed by atoms with van der Waals surface area (Å²) in [6.07, 6.45) is 6.67. The zero-order valence-corrected chi connectivity index (χ0v) is 6.41. The summed E-state index contributed by atoms with van der Waals surface area (Å²) in [7, 11) is 0.